The van der Waals surface area contributed by atoms with Gasteiger partial charge in [0.25, 0.3) is 11.2 Å². The quantitative estimate of drug-likeness (QED) is 0.130. The second-order valence-electron chi connectivity index (χ2n) is 16.0. The number of benzene rings is 1. The monoisotopic (exact) mass is 714 g/mol. The Hall–Kier alpha value is -4.15. The number of nitrogens with zero attached hydrogens (tertiary/aromatic N) is 6. The van der Waals surface area contributed by atoms with E-state index in [1.54, 1.807) is 52.2 Å². The van der Waals surface area contributed by atoms with Gasteiger partial charge in [-0.1, -0.05) is 45.9 Å². The van der Waals surface area contributed by atoms with Gasteiger partial charge in [-0.15, -0.1) is 0 Å². The molecule has 1 fully saturated rings. The Bertz CT molecular complexity index is 1820. The van der Waals surface area contributed by atoms with Crippen LogP contribution in [0.2, 0.25) is 18.1 Å². The lowest BCUT2D eigenvalue weighted by atomic mass is 10.1. The molecule has 0 bridgehead atoms. The number of nitro groups is 1. The molecule has 3 heterocycles. The maximum Gasteiger partial charge on any atom is 0.424 e. The van der Waals surface area contributed by atoms with Gasteiger partial charge in [-0.2, -0.15) is 9.55 Å². The van der Waals surface area contributed by atoms with Crippen molar-refractivity contribution in [2.45, 2.75) is 136 Å². The first-order chi connectivity index (χ1) is 22.9. The summed E-state index contributed by atoms with van der Waals surface area (Å²) in [7, 11) is -2.18. The van der Waals surface area contributed by atoms with Crippen molar-refractivity contribution in [3.05, 3.63) is 56.6 Å². The van der Waals surface area contributed by atoms with Crippen LogP contribution in [0.1, 0.15) is 93.9 Å². The van der Waals surface area contributed by atoms with Crippen molar-refractivity contribution in [3.63, 3.8) is 0 Å². The van der Waals surface area contributed by atoms with E-state index in [1.807, 2.05) is 6.92 Å². The summed E-state index contributed by atoms with van der Waals surface area (Å²) in [6.45, 7) is 22.2. The molecule has 3 aromatic rings. The second kappa shape index (κ2) is 13.9. The Morgan fingerprint density at radius 1 is 1.06 bits per heavy atom. The first kappa shape index (κ1) is 38.6. The van der Waals surface area contributed by atoms with Gasteiger partial charge in [-0.25, -0.2) is 19.5 Å². The minimum atomic E-state index is -2.18. The summed E-state index contributed by atoms with van der Waals surface area (Å²) in [5.41, 5.74) is -3.27. The van der Waals surface area contributed by atoms with Crippen molar-refractivity contribution in [1.82, 2.24) is 19.1 Å². The third-order valence-electron chi connectivity index (χ3n) is 8.67. The topological polar surface area (TPSA) is 170 Å². The Kier molecular flexibility index (Phi) is 10.7. The Labute approximate surface area is 293 Å². The molecule has 0 spiro atoms. The van der Waals surface area contributed by atoms with Crippen LogP contribution in [0.3, 0.4) is 0 Å². The second-order valence-corrected chi connectivity index (χ2v) is 20.8. The summed E-state index contributed by atoms with van der Waals surface area (Å²) in [5.74, 6) is -0.468. The lowest BCUT2D eigenvalue weighted by Crippen LogP contribution is -2.45. The highest BCUT2D eigenvalue weighted by Crippen LogP contribution is 2.42. The van der Waals surface area contributed by atoms with E-state index < -0.39 is 60.9 Å². The Morgan fingerprint density at radius 2 is 1.68 bits per heavy atom. The molecule has 274 valence electrons. The van der Waals surface area contributed by atoms with E-state index in [4.69, 9.17) is 23.6 Å². The highest BCUT2D eigenvalue weighted by Gasteiger charge is 2.45. The van der Waals surface area contributed by atoms with Gasteiger partial charge in [0.15, 0.2) is 19.5 Å². The zero-order valence-corrected chi connectivity index (χ0v) is 32.1. The number of carbonyl (C=O) groups is 2. The molecule has 16 heteroatoms. The number of aromatic nitrogens is 4. The van der Waals surface area contributed by atoms with E-state index >= 15 is 0 Å². The molecule has 1 saturated heterocycles. The van der Waals surface area contributed by atoms with Crippen molar-refractivity contribution in [2.75, 3.05) is 4.90 Å². The molecule has 1 aliphatic heterocycles. The molecule has 3 atom stereocenters. The van der Waals surface area contributed by atoms with Gasteiger partial charge in [0.05, 0.1) is 30.0 Å². The lowest BCUT2D eigenvalue weighted by molar-refractivity contribution is -0.385. The fraction of sp³-hybridized carbons (Fsp3) is 0.618. The van der Waals surface area contributed by atoms with Gasteiger partial charge in [0, 0.05) is 18.1 Å². The van der Waals surface area contributed by atoms with Crippen LogP contribution in [0.25, 0.3) is 11.2 Å². The largest absolute Gasteiger partial charge is 0.443 e. The van der Waals surface area contributed by atoms with Crippen LogP contribution in [0.5, 0.6) is 0 Å². The van der Waals surface area contributed by atoms with Crippen molar-refractivity contribution >= 4 is 43.3 Å². The van der Waals surface area contributed by atoms with E-state index in [1.165, 1.54) is 24.5 Å². The molecule has 4 rings (SSSR count). The van der Waals surface area contributed by atoms with Gasteiger partial charge in [0.2, 0.25) is 5.95 Å². The molecule has 1 unspecified atom stereocenters. The van der Waals surface area contributed by atoms with Crippen LogP contribution in [0.15, 0.2) is 35.4 Å². The molecule has 2 aromatic heterocycles. The van der Waals surface area contributed by atoms with Crippen molar-refractivity contribution < 1.29 is 33.1 Å². The number of para-hydroxylation sites is 1. The summed E-state index contributed by atoms with van der Waals surface area (Å²) in [5, 5.41) is 11.9. The van der Waals surface area contributed by atoms with E-state index in [-0.39, 0.29) is 39.7 Å². The number of nitro benzene ring substituents is 1. The number of rotatable bonds is 8. The normalized spacial score (nSPS) is 18.7. The van der Waals surface area contributed by atoms with Crippen LogP contribution in [0, 0.1) is 10.1 Å². The van der Waals surface area contributed by atoms with Crippen molar-refractivity contribution in [3.8, 4) is 0 Å². The molecule has 0 saturated carbocycles. The van der Waals surface area contributed by atoms with E-state index in [9.17, 15) is 24.5 Å². The summed E-state index contributed by atoms with van der Waals surface area (Å²) < 4.78 is 26.7. The summed E-state index contributed by atoms with van der Waals surface area (Å²) in [4.78, 5) is 63.2. The minimum absolute atomic E-state index is 0.0345. The third kappa shape index (κ3) is 8.41. The number of hydrogen-bond donors (Lipinski definition) is 0. The molecule has 50 heavy (non-hydrogen) atoms. The molecule has 15 nitrogen and oxygen atoms in total. The first-order valence-electron chi connectivity index (χ1n) is 16.7. The van der Waals surface area contributed by atoms with E-state index in [0.29, 0.717) is 17.4 Å². The molecule has 1 aromatic carbocycles. The van der Waals surface area contributed by atoms with Crippen LogP contribution in [-0.4, -0.2) is 67.9 Å². The van der Waals surface area contributed by atoms with E-state index in [2.05, 4.69) is 38.8 Å². The summed E-state index contributed by atoms with van der Waals surface area (Å²) in [6.07, 6.45) is -0.716. The number of fused-ring (bicyclic) bond motifs is 1. The minimum Gasteiger partial charge on any atom is -0.443 e. The third-order valence-corrected chi connectivity index (χ3v) is 13.2. The molecule has 0 aliphatic carbocycles. The average Bonchev–Trinajstić information content (AvgIpc) is 3.57. The predicted molar refractivity (Wildman–Crippen MR) is 190 cm³/mol. The number of amides is 1. The molecule has 1 amide bonds. The van der Waals surface area contributed by atoms with Gasteiger partial charge >= 0.3 is 12.2 Å². The SMILES string of the molecule is CC[C@H]1O[C@@H](n2cnc3c(=O)n(C(=O)OC(C)(C)C)c(N(Cc4ccccc4[N+](=O)[O-])C(=O)OC(C)(C)C)nc32)CC1O[Si](C)(C)C(C)(C)C. The molecule has 0 radical (unpaired) electrons. The molecular formula is C34H50N6O9Si. The number of anilines is 1. The predicted octanol–water partition coefficient (Wildman–Crippen LogP) is 7.31. The Morgan fingerprint density at radius 3 is 2.24 bits per heavy atom. The zero-order chi connectivity index (χ0) is 37.6. The van der Waals surface area contributed by atoms with Crippen LogP contribution in [-0.2, 0) is 25.2 Å². The Balaban J connectivity index is 1.94. The molecule has 1 aliphatic rings. The average molecular weight is 715 g/mol. The molecule has 0 N–H and O–H groups in total. The number of hydrogen-bond acceptors (Lipinski definition) is 11. The van der Waals surface area contributed by atoms with Crippen LogP contribution >= 0.6 is 0 Å². The smallest absolute Gasteiger partial charge is 0.424 e. The molecular weight excluding hydrogens is 664 g/mol. The van der Waals surface area contributed by atoms with Gasteiger partial charge in [-0.3, -0.25) is 19.5 Å². The van der Waals surface area contributed by atoms with Crippen molar-refractivity contribution in [1.29, 1.82) is 0 Å². The summed E-state index contributed by atoms with van der Waals surface area (Å²) >= 11 is 0. The van der Waals surface area contributed by atoms with E-state index in [0.717, 1.165) is 4.90 Å². The standard InChI is InChI=1S/C34H50N6O9Si/c1-13-23-24(49-50(11,12)34(8,9)10)18-25(46-23)38-20-35-26-27(38)36-29(39(28(26)41)31(43)48-33(5,6)7)37(30(42)47-32(2,3)4)19-21-16-14-15-17-22(21)40(44)45/h14-17,20,23-25H,13,18-19H2,1-12H3/t23-,24?,25-/m1/s1. The first-order valence-corrected chi connectivity index (χ1v) is 19.6. The lowest BCUT2D eigenvalue weighted by Gasteiger charge is -2.39. The fourth-order valence-electron chi connectivity index (χ4n) is 5.26. The fourth-order valence-corrected chi connectivity index (χ4v) is 6.62. The highest BCUT2D eigenvalue weighted by molar-refractivity contribution is 6.74. The van der Waals surface area contributed by atoms with Crippen LogP contribution in [0.4, 0.5) is 21.2 Å². The van der Waals surface area contributed by atoms with Crippen LogP contribution < -0.4 is 10.5 Å². The number of imidazole rings is 1. The number of carbonyl (C=O) groups excluding carboxylic acids is 2. The summed E-state index contributed by atoms with van der Waals surface area (Å²) in [6, 6.07) is 5.82. The highest BCUT2D eigenvalue weighted by atomic mass is 28.4. The van der Waals surface area contributed by atoms with Gasteiger partial charge in [0.1, 0.15) is 17.4 Å². The zero-order valence-electron chi connectivity index (χ0n) is 31.1. The maximum absolute atomic E-state index is 14.2. The van der Waals surface area contributed by atoms with Gasteiger partial charge < -0.3 is 18.6 Å². The number of ether oxygens (including phenoxy) is 3. The van der Waals surface area contributed by atoms with Crippen molar-refractivity contribution in [2.24, 2.45) is 0 Å². The maximum atomic E-state index is 14.2. The van der Waals surface area contributed by atoms with Gasteiger partial charge in [-0.05, 0) is 66.1 Å².